The van der Waals surface area contributed by atoms with Crippen LogP contribution in [0.25, 0.3) is 0 Å². The van der Waals surface area contributed by atoms with E-state index in [0.29, 0.717) is 6.54 Å². The number of likely N-dealkylation sites (N-methyl/N-ethyl adjacent to an activating group) is 1. The van der Waals surface area contributed by atoms with Crippen molar-refractivity contribution >= 4 is 5.69 Å². The molecule has 0 radical (unpaired) electrons. The van der Waals surface area contributed by atoms with Gasteiger partial charge in [-0.1, -0.05) is 32.0 Å². The molecule has 2 N–H and O–H groups in total. The Labute approximate surface area is 104 Å². The van der Waals surface area contributed by atoms with Crippen molar-refractivity contribution < 1.29 is 5.11 Å². The number of para-hydroxylation sites is 1. The third kappa shape index (κ3) is 4.75. The Morgan fingerprint density at radius 2 is 1.88 bits per heavy atom. The monoisotopic (exact) mass is 236 g/mol. The second-order valence-corrected chi connectivity index (χ2v) is 4.34. The van der Waals surface area contributed by atoms with E-state index in [1.807, 2.05) is 18.2 Å². The van der Waals surface area contributed by atoms with Gasteiger partial charge >= 0.3 is 0 Å². The van der Waals surface area contributed by atoms with Gasteiger partial charge in [-0.3, -0.25) is 0 Å². The van der Waals surface area contributed by atoms with Crippen molar-refractivity contribution in [2.75, 3.05) is 31.5 Å². The third-order valence-electron chi connectivity index (χ3n) is 3.04. The molecule has 0 spiro atoms. The molecular formula is C14H24N2O. The molecule has 0 aromatic heterocycles. The Kier molecular flexibility index (Phi) is 6.01. The molecule has 0 aliphatic carbocycles. The van der Waals surface area contributed by atoms with Crippen molar-refractivity contribution in [1.29, 1.82) is 0 Å². The number of benzene rings is 1. The lowest BCUT2D eigenvalue weighted by atomic mass is 10.2. The predicted molar refractivity (Wildman–Crippen MR) is 73.5 cm³/mol. The van der Waals surface area contributed by atoms with Gasteiger partial charge in [0, 0.05) is 18.8 Å². The van der Waals surface area contributed by atoms with Gasteiger partial charge in [0.05, 0.1) is 6.10 Å². The Bertz CT molecular complexity index is 324. The third-order valence-corrected chi connectivity index (χ3v) is 3.04. The fourth-order valence-corrected chi connectivity index (χ4v) is 1.84. The van der Waals surface area contributed by atoms with Crippen molar-refractivity contribution in [2.24, 2.45) is 0 Å². The van der Waals surface area contributed by atoms with Gasteiger partial charge in [0.2, 0.25) is 0 Å². The normalized spacial score (nSPS) is 12.8. The highest BCUT2D eigenvalue weighted by molar-refractivity contribution is 5.50. The van der Waals surface area contributed by atoms with E-state index in [4.69, 9.17) is 0 Å². The maximum Gasteiger partial charge on any atom is 0.0839 e. The van der Waals surface area contributed by atoms with Crippen LogP contribution in [0, 0.1) is 6.92 Å². The van der Waals surface area contributed by atoms with Gasteiger partial charge in [0.25, 0.3) is 0 Å². The molecule has 0 amide bonds. The summed E-state index contributed by atoms with van der Waals surface area (Å²) >= 11 is 0. The quantitative estimate of drug-likeness (QED) is 0.761. The molecule has 3 nitrogen and oxygen atoms in total. The minimum atomic E-state index is -0.325. The number of anilines is 1. The maximum absolute atomic E-state index is 9.93. The second-order valence-electron chi connectivity index (χ2n) is 4.34. The van der Waals surface area contributed by atoms with Gasteiger partial charge in [-0.2, -0.15) is 0 Å². The van der Waals surface area contributed by atoms with Crippen LogP contribution in [0.4, 0.5) is 5.69 Å². The van der Waals surface area contributed by atoms with E-state index >= 15 is 0 Å². The summed E-state index contributed by atoms with van der Waals surface area (Å²) in [6.45, 7) is 9.60. The minimum Gasteiger partial charge on any atom is -0.390 e. The van der Waals surface area contributed by atoms with Crippen LogP contribution >= 0.6 is 0 Å². The number of hydrogen-bond acceptors (Lipinski definition) is 3. The van der Waals surface area contributed by atoms with Crippen LogP contribution in [0.3, 0.4) is 0 Å². The molecule has 1 aromatic carbocycles. The van der Waals surface area contributed by atoms with Gasteiger partial charge in [-0.05, 0) is 31.6 Å². The second kappa shape index (κ2) is 7.30. The van der Waals surface area contributed by atoms with Gasteiger partial charge < -0.3 is 15.3 Å². The van der Waals surface area contributed by atoms with Crippen LogP contribution in [0.5, 0.6) is 0 Å². The Morgan fingerprint density at radius 1 is 1.24 bits per heavy atom. The maximum atomic E-state index is 9.93. The summed E-state index contributed by atoms with van der Waals surface area (Å²) in [6, 6.07) is 8.14. The summed E-state index contributed by atoms with van der Waals surface area (Å²) < 4.78 is 0. The fraction of sp³-hybridized carbons (Fsp3) is 0.571. The molecule has 1 rings (SSSR count). The Morgan fingerprint density at radius 3 is 2.47 bits per heavy atom. The van der Waals surface area contributed by atoms with Crippen LogP contribution in [-0.2, 0) is 0 Å². The Balaban J connectivity index is 2.38. The highest BCUT2D eigenvalue weighted by atomic mass is 16.3. The zero-order valence-electron chi connectivity index (χ0n) is 11.1. The number of nitrogens with zero attached hydrogens (tertiary/aromatic N) is 1. The van der Waals surface area contributed by atoms with Crippen LogP contribution in [-0.4, -0.2) is 42.3 Å². The van der Waals surface area contributed by atoms with E-state index in [1.165, 1.54) is 5.56 Å². The summed E-state index contributed by atoms with van der Waals surface area (Å²) in [5.41, 5.74) is 2.31. The number of aliphatic hydroxyl groups is 1. The molecule has 0 aliphatic rings. The van der Waals surface area contributed by atoms with Crippen LogP contribution in [0.15, 0.2) is 24.3 Å². The summed E-state index contributed by atoms with van der Waals surface area (Å²) in [6.07, 6.45) is -0.325. The molecular weight excluding hydrogens is 212 g/mol. The number of rotatable bonds is 7. The molecule has 1 aromatic rings. The summed E-state index contributed by atoms with van der Waals surface area (Å²) in [4.78, 5) is 2.23. The van der Waals surface area contributed by atoms with E-state index in [1.54, 1.807) is 0 Å². The van der Waals surface area contributed by atoms with Gasteiger partial charge in [-0.25, -0.2) is 0 Å². The lowest BCUT2D eigenvalue weighted by Gasteiger charge is -2.22. The zero-order chi connectivity index (χ0) is 12.7. The Hall–Kier alpha value is -1.06. The molecule has 0 fully saturated rings. The minimum absolute atomic E-state index is 0.325. The van der Waals surface area contributed by atoms with Crippen LogP contribution < -0.4 is 5.32 Å². The largest absolute Gasteiger partial charge is 0.390 e. The lowest BCUT2D eigenvalue weighted by molar-refractivity contribution is 0.128. The van der Waals surface area contributed by atoms with E-state index in [2.05, 4.69) is 37.1 Å². The number of nitrogens with one attached hydrogen (secondary N) is 1. The standard InChI is InChI=1S/C14H24N2O/c1-4-16(5-2)11-13(17)10-15-14-9-7-6-8-12(14)3/h6-9,13,15,17H,4-5,10-11H2,1-3H3. The van der Waals surface area contributed by atoms with Crippen LogP contribution in [0.1, 0.15) is 19.4 Å². The average Bonchev–Trinajstić information content (AvgIpc) is 2.35. The number of aliphatic hydroxyl groups excluding tert-OH is 1. The highest BCUT2D eigenvalue weighted by Crippen LogP contribution is 2.12. The van der Waals surface area contributed by atoms with Crippen molar-refractivity contribution in [1.82, 2.24) is 4.90 Å². The first-order chi connectivity index (χ1) is 8.17. The smallest absolute Gasteiger partial charge is 0.0839 e. The molecule has 0 saturated heterocycles. The number of hydrogen-bond donors (Lipinski definition) is 2. The summed E-state index contributed by atoms with van der Waals surface area (Å²) in [7, 11) is 0. The van der Waals surface area contributed by atoms with Gasteiger partial charge in [0.15, 0.2) is 0 Å². The molecule has 1 unspecified atom stereocenters. The lowest BCUT2D eigenvalue weighted by Crippen LogP contribution is -2.36. The number of aryl methyl sites for hydroxylation is 1. The first kappa shape index (κ1) is 14.0. The topological polar surface area (TPSA) is 35.5 Å². The molecule has 0 bridgehead atoms. The van der Waals surface area contributed by atoms with Crippen LogP contribution in [0.2, 0.25) is 0 Å². The molecule has 0 saturated carbocycles. The summed E-state index contributed by atoms with van der Waals surface area (Å²) in [5, 5.41) is 13.2. The van der Waals surface area contributed by atoms with Crippen molar-refractivity contribution in [3.8, 4) is 0 Å². The molecule has 0 heterocycles. The molecule has 17 heavy (non-hydrogen) atoms. The molecule has 1 atom stereocenters. The average molecular weight is 236 g/mol. The fourth-order valence-electron chi connectivity index (χ4n) is 1.84. The van der Waals surface area contributed by atoms with Crippen molar-refractivity contribution in [2.45, 2.75) is 26.9 Å². The van der Waals surface area contributed by atoms with Gasteiger partial charge in [0.1, 0.15) is 0 Å². The zero-order valence-corrected chi connectivity index (χ0v) is 11.1. The van der Waals surface area contributed by atoms with Gasteiger partial charge in [-0.15, -0.1) is 0 Å². The summed E-state index contributed by atoms with van der Waals surface area (Å²) in [5.74, 6) is 0. The van der Waals surface area contributed by atoms with E-state index in [9.17, 15) is 5.11 Å². The molecule has 96 valence electrons. The molecule has 3 heteroatoms. The van der Waals surface area contributed by atoms with Crippen molar-refractivity contribution in [3.05, 3.63) is 29.8 Å². The first-order valence-electron chi connectivity index (χ1n) is 6.37. The predicted octanol–water partition coefficient (Wildman–Crippen LogP) is 2.11. The molecule has 0 aliphatic heterocycles. The SMILES string of the molecule is CCN(CC)CC(O)CNc1ccccc1C. The van der Waals surface area contributed by atoms with Crippen molar-refractivity contribution in [3.63, 3.8) is 0 Å². The van der Waals surface area contributed by atoms with E-state index in [0.717, 1.165) is 25.3 Å². The van der Waals surface area contributed by atoms with E-state index in [-0.39, 0.29) is 6.10 Å². The van der Waals surface area contributed by atoms with E-state index < -0.39 is 0 Å². The highest BCUT2D eigenvalue weighted by Gasteiger charge is 2.08. The first-order valence-corrected chi connectivity index (χ1v) is 6.37.